The highest BCUT2D eigenvalue weighted by molar-refractivity contribution is 6.41. The maximum absolute atomic E-state index is 12.8. The molecule has 3 aromatic rings. The third-order valence-corrected chi connectivity index (χ3v) is 5.44. The second-order valence-corrected chi connectivity index (χ2v) is 7.38. The monoisotopic (exact) mass is 380 g/mol. The van der Waals surface area contributed by atoms with Crippen LogP contribution in [0, 0.1) is 0 Å². The Balaban J connectivity index is 1.38. The summed E-state index contributed by atoms with van der Waals surface area (Å²) in [6, 6.07) is 18.0. The molecule has 1 aromatic heterocycles. The molecule has 0 unspecified atom stereocenters. The fourth-order valence-corrected chi connectivity index (χ4v) is 3.89. The average molecular weight is 380 g/mol. The Morgan fingerprint density at radius 3 is 2.62 bits per heavy atom. The number of hydrogen-bond donors (Lipinski definition) is 1. The minimum absolute atomic E-state index is 0.0643. The maximum atomic E-state index is 12.8. The molecular weight excluding hydrogens is 360 g/mol. The molecule has 0 spiro atoms. The average Bonchev–Trinajstić information content (AvgIpc) is 3.36. The van der Waals surface area contributed by atoms with E-state index in [1.165, 1.54) is 5.56 Å². The molecule has 0 fully saturated rings. The fourth-order valence-electron chi connectivity index (χ4n) is 3.89. The van der Waals surface area contributed by atoms with Crippen LogP contribution in [0.4, 0.5) is 5.69 Å². The van der Waals surface area contributed by atoms with E-state index in [-0.39, 0.29) is 11.9 Å². The molecular formula is C24H20N4O. The van der Waals surface area contributed by atoms with Crippen molar-refractivity contribution >= 4 is 23.0 Å². The Hall–Kier alpha value is -3.60. The molecule has 0 bridgehead atoms. The van der Waals surface area contributed by atoms with Crippen molar-refractivity contribution in [1.82, 2.24) is 10.3 Å². The molecule has 3 heterocycles. The van der Waals surface area contributed by atoms with Crippen molar-refractivity contribution in [3.63, 3.8) is 0 Å². The van der Waals surface area contributed by atoms with Gasteiger partial charge in [0.05, 0.1) is 24.0 Å². The standard InChI is InChI=1S/C24H20N4O/c1-15(16-5-3-2-4-6-16)27-24(29)22-12-18-11-19-14-26-23(17-7-9-25-10-8-17)20(19)13-21(18)28-22/h2-11,13,15H,12,14H2,1H3,(H,27,29)/t15-/m0/s1. The summed E-state index contributed by atoms with van der Waals surface area (Å²) < 4.78 is 0. The number of pyridine rings is 1. The zero-order chi connectivity index (χ0) is 19.8. The largest absolute Gasteiger partial charge is 0.344 e. The van der Waals surface area contributed by atoms with Gasteiger partial charge in [0, 0.05) is 29.9 Å². The van der Waals surface area contributed by atoms with Gasteiger partial charge >= 0.3 is 0 Å². The highest BCUT2D eigenvalue weighted by atomic mass is 16.2. The molecule has 0 saturated heterocycles. The van der Waals surface area contributed by atoms with Gasteiger partial charge in [-0.05, 0) is 41.8 Å². The van der Waals surface area contributed by atoms with Crippen molar-refractivity contribution in [2.45, 2.75) is 25.9 Å². The van der Waals surface area contributed by atoms with Crippen LogP contribution in [0.25, 0.3) is 0 Å². The first-order valence-corrected chi connectivity index (χ1v) is 9.73. The molecule has 142 valence electrons. The van der Waals surface area contributed by atoms with Crippen molar-refractivity contribution in [3.8, 4) is 0 Å². The first kappa shape index (κ1) is 17.5. The van der Waals surface area contributed by atoms with Gasteiger partial charge in [-0.25, -0.2) is 4.99 Å². The van der Waals surface area contributed by atoms with Crippen LogP contribution in [0.15, 0.2) is 77.0 Å². The second-order valence-electron chi connectivity index (χ2n) is 7.38. The van der Waals surface area contributed by atoms with Crippen LogP contribution in [0.1, 0.15) is 40.8 Å². The highest BCUT2D eigenvalue weighted by Crippen LogP contribution is 2.34. The minimum atomic E-state index is -0.110. The number of nitrogens with zero attached hydrogens (tertiary/aromatic N) is 3. The number of fused-ring (bicyclic) bond motifs is 2. The Kier molecular flexibility index (Phi) is 4.28. The Labute approximate surface area is 169 Å². The highest BCUT2D eigenvalue weighted by Gasteiger charge is 2.26. The van der Waals surface area contributed by atoms with Gasteiger partial charge in [0.15, 0.2) is 0 Å². The number of carbonyl (C=O) groups excluding carboxylic acids is 1. The topological polar surface area (TPSA) is 66.7 Å². The van der Waals surface area contributed by atoms with Gasteiger partial charge in [-0.15, -0.1) is 0 Å². The number of aromatic nitrogens is 1. The molecule has 5 nitrogen and oxygen atoms in total. The van der Waals surface area contributed by atoms with Gasteiger partial charge in [-0.1, -0.05) is 36.4 Å². The SMILES string of the molecule is C[C@H](NC(=O)C1=Nc2cc3c(cc2C1)CN=C3c1ccncc1)c1ccccc1. The first-order chi connectivity index (χ1) is 14.2. The van der Waals surface area contributed by atoms with Gasteiger partial charge < -0.3 is 5.32 Å². The van der Waals surface area contributed by atoms with Gasteiger partial charge in [0.1, 0.15) is 5.71 Å². The molecule has 29 heavy (non-hydrogen) atoms. The summed E-state index contributed by atoms with van der Waals surface area (Å²) in [5, 5.41) is 3.06. The zero-order valence-electron chi connectivity index (χ0n) is 16.1. The fraction of sp³-hybridized carbons (Fsp3) is 0.167. The molecule has 0 radical (unpaired) electrons. The molecule has 1 atom stereocenters. The molecule has 5 heteroatoms. The molecule has 1 N–H and O–H groups in total. The van der Waals surface area contributed by atoms with Gasteiger partial charge in [0.2, 0.25) is 0 Å². The predicted molar refractivity (Wildman–Crippen MR) is 114 cm³/mol. The van der Waals surface area contributed by atoms with Crippen LogP contribution in [-0.4, -0.2) is 22.3 Å². The van der Waals surface area contributed by atoms with E-state index in [1.54, 1.807) is 12.4 Å². The minimum Gasteiger partial charge on any atom is -0.344 e. The second kappa shape index (κ2) is 7.09. The maximum Gasteiger partial charge on any atom is 0.266 e. The van der Waals surface area contributed by atoms with Crippen LogP contribution in [0.2, 0.25) is 0 Å². The van der Waals surface area contributed by atoms with Crippen molar-refractivity contribution in [2.75, 3.05) is 0 Å². The summed E-state index contributed by atoms with van der Waals surface area (Å²) >= 11 is 0. The molecule has 0 saturated carbocycles. The van der Waals surface area contributed by atoms with Gasteiger partial charge in [0.25, 0.3) is 5.91 Å². The molecule has 2 aromatic carbocycles. The summed E-state index contributed by atoms with van der Waals surface area (Å²) in [7, 11) is 0. The van der Waals surface area contributed by atoms with Gasteiger partial charge in [-0.3, -0.25) is 14.8 Å². The Bertz CT molecular complexity index is 1150. The van der Waals surface area contributed by atoms with Crippen molar-refractivity contribution in [3.05, 3.63) is 94.8 Å². The third kappa shape index (κ3) is 3.25. The van der Waals surface area contributed by atoms with Crippen LogP contribution in [0.3, 0.4) is 0 Å². The predicted octanol–water partition coefficient (Wildman–Crippen LogP) is 3.94. The summed E-state index contributed by atoms with van der Waals surface area (Å²) in [6.45, 7) is 2.65. The smallest absolute Gasteiger partial charge is 0.266 e. The summed E-state index contributed by atoms with van der Waals surface area (Å²) in [5.74, 6) is -0.110. The molecule has 0 aliphatic carbocycles. The number of carbonyl (C=O) groups is 1. The van der Waals surface area contributed by atoms with E-state index in [0.717, 1.165) is 33.7 Å². The molecule has 2 aliphatic rings. The molecule has 2 aliphatic heterocycles. The Morgan fingerprint density at radius 1 is 1.03 bits per heavy atom. The van der Waals surface area contributed by atoms with E-state index in [0.29, 0.717) is 18.7 Å². The van der Waals surface area contributed by atoms with Crippen LogP contribution in [-0.2, 0) is 17.8 Å². The number of rotatable bonds is 4. The molecule has 1 amide bonds. The number of amides is 1. The van der Waals surface area contributed by atoms with E-state index in [1.807, 2.05) is 49.4 Å². The lowest BCUT2D eigenvalue weighted by atomic mass is 9.97. The summed E-state index contributed by atoms with van der Waals surface area (Å²) in [5.41, 5.74) is 7.90. The van der Waals surface area contributed by atoms with Gasteiger partial charge in [-0.2, -0.15) is 0 Å². The van der Waals surface area contributed by atoms with E-state index in [2.05, 4.69) is 27.4 Å². The van der Waals surface area contributed by atoms with E-state index in [9.17, 15) is 4.79 Å². The molecule has 5 rings (SSSR count). The number of hydrogen-bond acceptors (Lipinski definition) is 4. The van der Waals surface area contributed by atoms with Crippen LogP contribution < -0.4 is 5.32 Å². The summed E-state index contributed by atoms with van der Waals surface area (Å²) in [4.78, 5) is 26.2. The van der Waals surface area contributed by atoms with E-state index in [4.69, 9.17) is 4.99 Å². The van der Waals surface area contributed by atoms with Crippen LogP contribution in [0.5, 0.6) is 0 Å². The first-order valence-electron chi connectivity index (χ1n) is 9.73. The third-order valence-electron chi connectivity index (χ3n) is 5.44. The van der Waals surface area contributed by atoms with E-state index < -0.39 is 0 Å². The normalized spacial score (nSPS) is 15.2. The quantitative estimate of drug-likeness (QED) is 0.745. The van der Waals surface area contributed by atoms with E-state index >= 15 is 0 Å². The lowest BCUT2D eigenvalue weighted by Gasteiger charge is -2.14. The van der Waals surface area contributed by atoms with Crippen molar-refractivity contribution < 1.29 is 4.79 Å². The van der Waals surface area contributed by atoms with Crippen LogP contribution >= 0.6 is 0 Å². The number of nitrogens with one attached hydrogen (secondary N) is 1. The number of benzene rings is 2. The lowest BCUT2D eigenvalue weighted by Crippen LogP contribution is -2.33. The van der Waals surface area contributed by atoms with Crippen molar-refractivity contribution in [2.24, 2.45) is 9.98 Å². The van der Waals surface area contributed by atoms with Crippen molar-refractivity contribution in [1.29, 1.82) is 0 Å². The Morgan fingerprint density at radius 2 is 1.83 bits per heavy atom. The lowest BCUT2D eigenvalue weighted by molar-refractivity contribution is -0.115. The summed E-state index contributed by atoms with van der Waals surface area (Å²) in [6.07, 6.45) is 4.11. The zero-order valence-corrected chi connectivity index (χ0v) is 16.1. The number of aliphatic imine (C=N–C) groups is 2.